The normalized spacial score (nSPS) is 21.9. The van der Waals surface area contributed by atoms with Crippen molar-refractivity contribution < 1.29 is 14.7 Å². The average Bonchev–Trinajstić information content (AvgIpc) is 2.74. The van der Waals surface area contributed by atoms with Crippen LogP contribution in [0.4, 0.5) is 10.5 Å². The minimum Gasteiger partial charge on any atom is -0.481 e. The Balaban J connectivity index is 2.07. The third kappa shape index (κ3) is 3.07. The summed E-state index contributed by atoms with van der Waals surface area (Å²) >= 11 is 9.33. The molecule has 108 valence electrons. The number of carboxylic acids is 1. The second-order valence-corrected chi connectivity index (χ2v) is 6.04. The lowest BCUT2D eigenvalue weighted by Crippen LogP contribution is -2.40. The van der Waals surface area contributed by atoms with Gasteiger partial charge in [-0.1, -0.05) is 27.5 Å². The van der Waals surface area contributed by atoms with Crippen LogP contribution in [0.25, 0.3) is 0 Å². The molecule has 2 rings (SSSR count). The van der Waals surface area contributed by atoms with Crippen molar-refractivity contribution in [2.24, 2.45) is 5.92 Å². The molecule has 0 bridgehead atoms. The molecule has 1 saturated heterocycles. The van der Waals surface area contributed by atoms with Crippen molar-refractivity contribution in [2.45, 2.75) is 19.4 Å². The predicted octanol–water partition coefficient (Wildman–Crippen LogP) is 3.43. The summed E-state index contributed by atoms with van der Waals surface area (Å²) in [4.78, 5) is 24.8. The third-order valence-corrected chi connectivity index (χ3v) is 4.31. The molecule has 2 N–H and O–H groups in total. The van der Waals surface area contributed by atoms with E-state index < -0.39 is 11.9 Å². The van der Waals surface area contributed by atoms with Gasteiger partial charge >= 0.3 is 12.0 Å². The highest BCUT2D eigenvalue weighted by molar-refractivity contribution is 9.10. The molecule has 7 heteroatoms. The van der Waals surface area contributed by atoms with Crippen molar-refractivity contribution in [1.29, 1.82) is 0 Å². The van der Waals surface area contributed by atoms with E-state index in [0.717, 1.165) is 4.47 Å². The molecule has 1 aliphatic rings. The van der Waals surface area contributed by atoms with Crippen LogP contribution in [0.3, 0.4) is 0 Å². The fraction of sp³-hybridized carbons (Fsp3) is 0.385. The number of carboxylic acid groups (broad SMARTS) is 1. The van der Waals surface area contributed by atoms with Crippen LogP contribution < -0.4 is 5.32 Å². The van der Waals surface area contributed by atoms with Crippen LogP contribution in [0.5, 0.6) is 0 Å². The number of carbonyl (C=O) groups excluding carboxylic acids is 1. The van der Waals surface area contributed by atoms with Gasteiger partial charge in [-0.15, -0.1) is 0 Å². The zero-order chi connectivity index (χ0) is 14.9. The van der Waals surface area contributed by atoms with Crippen LogP contribution in [0.2, 0.25) is 5.02 Å². The standard InChI is InChI=1S/C13H14BrClN2O3/c1-7-9(12(18)19)4-5-17(7)13(20)16-11-3-2-8(14)6-10(11)15/h2-3,6-7,9H,4-5H2,1H3,(H,16,20)(H,18,19). The zero-order valence-corrected chi connectivity index (χ0v) is 13.1. The van der Waals surface area contributed by atoms with Gasteiger partial charge < -0.3 is 15.3 Å². The highest BCUT2D eigenvalue weighted by Gasteiger charge is 2.38. The molecule has 2 amide bonds. The number of hydrogen-bond acceptors (Lipinski definition) is 2. The average molecular weight is 362 g/mol. The van der Waals surface area contributed by atoms with E-state index in [1.54, 1.807) is 25.1 Å². The SMILES string of the molecule is CC1C(C(=O)O)CCN1C(=O)Nc1ccc(Br)cc1Cl. The first-order valence-electron chi connectivity index (χ1n) is 6.15. The zero-order valence-electron chi connectivity index (χ0n) is 10.8. The molecule has 2 atom stereocenters. The second-order valence-electron chi connectivity index (χ2n) is 4.72. The predicted molar refractivity (Wildman–Crippen MR) is 80.1 cm³/mol. The number of amides is 2. The Morgan fingerprint density at radius 1 is 1.50 bits per heavy atom. The lowest BCUT2D eigenvalue weighted by Gasteiger charge is -2.23. The van der Waals surface area contributed by atoms with E-state index in [-0.39, 0.29) is 12.1 Å². The molecule has 0 spiro atoms. The highest BCUT2D eigenvalue weighted by atomic mass is 79.9. The van der Waals surface area contributed by atoms with E-state index in [1.807, 2.05) is 0 Å². The van der Waals surface area contributed by atoms with Gasteiger partial charge in [0.05, 0.1) is 16.6 Å². The van der Waals surface area contributed by atoms with Gasteiger partial charge in [0.25, 0.3) is 0 Å². The monoisotopic (exact) mass is 360 g/mol. The number of hydrogen-bond donors (Lipinski definition) is 2. The van der Waals surface area contributed by atoms with Crippen molar-refractivity contribution in [3.8, 4) is 0 Å². The summed E-state index contributed by atoms with van der Waals surface area (Å²) in [6.45, 7) is 2.17. The molecule has 1 fully saturated rings. The van der Waals surface area contributed by atoms with Crippen LogP contribution >= 0.6 is 27.5 Å². The van der Waals surface area contributed by atoms with Crippen molar-refractivity contribution in [3.63, 3.8) is 0 Å². The minimum atomic E-state index is -0.866. The summed E-state index contributed by atoms with van der Waals surface area (Å²) < 4.78 is 0.820. The molecule has 0 saturated carbocycles. The van der Waals surface area contributed by atoms with Crippen LogP contribution in [0.15, 0.2) is 22.7 Å². The molecule has 1 aliphatic heterocycles. The molecule has 0 aliphatic carbocycles. The number of carbonyl (C=O) groups is 2. The van der Waals surface area contributed by atoms with E-state index in [2.05, 4.69) is 21.2 Å². The maximum atomic E-state index is 12.2. The fourth-order valence-electron chi connectivity index (χ4n) is 2.33. The highest BCUT2D eigenvalue weighted by Crippen LogP contribution is 2.28. The molecule has 0 aromatic heterocycles. The Bertz CT molecular complexity index is 552. The van der Waals surface area contributed by atoms with E-state index in [0.29, 0.717) is 23.7 Å². The molecule has 2 unspecified atom stereocenters. The van der Waals surface area contributed by atoms with Gasteiger partial charge in [-0.05, 0) is 31.5 Å². The quantitative estimate of drug-likeness (QED) is 0.848. The van der Waals surface area contributed by atoms with Crippen LogP contribution in [-0.2, 0) is 4.79 Å². The number of urea groups is 1. The molecule has 1 aromatic carbocycles. The summed E-state index contributed by atoms with van der Waals surface area (Å²) in [6, 6.07) is 4.49. The Kier molecular flexibility index (Phi) is 4.55. The number of rotatable bonds is 2. The summed E-state index contributed by atoms with van der Waals surface area (Å²) in [5, 5.41) is 12.2. The van der Waals surface area contributed by atoms with Gasteiger partial charge in [0.15, 0.2) is 0 Å². The number of benzene rings is 1. The summed E-state index contributed by atoms with van der Waals surface area (Å²) in [6.07, 6.45) is 0.470. The second kappa shape index (κ2) is 6.01. The van der Waals surface area contributed by atoms with Gasteiger partial charge in [-0.25, -0.2) is 4.79 Å². The molecular formula is C13H14BrClN2O3. The summed E-state index contributed by atoms with van der Waals surface area (Å²) in [5.74, 6) is -1.38. The van der Waals surface area contributed by atoms with Crippen LogP contribution in [0, 0.1) is 5.92 Å². The molecular weight excluding hydrogens is 348 g/mol. The third-order valence-electron chi connectivity index (χ3n) is 3.51. The molecule has 0 radical (unpaired) electrons. The lowest BCUT2D eigenvalue weighted by atomic mass is 10.0. The molecule has 5 nitrogen and oxygen atoms in total. The van der Waals surface area contributed by atoms with Crippen molar-refractivity contribution in [3.05, 3.63) is 27.7 Å². The number of nitrogens with one attached hydrogen (secondary N) is 1. The van der Waals surface area contributed by atoms with Gasteiger partial charge in [0, 0.05) is 17.1 Å². The minimum absolute atomic E-state index is 0.328. The van der Waals surface area contributed by atoms with E-state index in [9.17, 15) is 9.59 Å². The Hall–Kier alpha value is -1.27. The van der Waals surface area contributed by atoms with Gasteiger partial charge in [-0.2, -0.15) is 0 Å². The fourth-order valence-corrected chi connectivity index (χ4v) is 3.06. The maximum Gasteiger partial charge on any atom is 0.322 e. The number of anilines is 1. The van der Waals surface area contributed by atoms with Crippen LogP contribution in [0.1, 0.15) is 13.3 Å². The summed E-state index contributed by atoms with van der Waals surface area (Å²) in [5.41, 5.74) is 0.505. The van der Waals surface area contributed by atoms with Gasteiger partial charge in [0.1, 0.15) is 0 Å². The number of aliphatic carboxylic acids is 1. The Morgan fingerprint density at radius 3 is 2.75 bits per heavy atom. The van der Waals surface area contributed by atoms with E-state index in [1.165, 1.54) is 4.90 Å². The first-order chi connectivity index (χ1) is 9.40. The Labute approximate surface area is 130 Å². The Morgan fingerprint density at radius 2 is 2.20 bits per heavy atom. The maximum absolute atomic E-state index is 12.2. The van der Waals surface area contributed by atoms with Crippen LogP contribution in [-0.4, -0.2) is 34.6 Å². The van der Waals surface area contributed by atoms with Gasteiger partial charge in [0.2, 0.25) is 0 Å². The van der Waals surface area contributed by atoms with E-state index >= 15 is 0 Å². The van der Waals surface area contributed by atoms with Crippen molar-refractivity contribution >= 4 is 45.2 Å². The molecule has 1 aromatic rings. The lowest BCUT2D eigenvalue weighted by molar-refractivity contribution is -0.142. The first kappa shape index (κ1) is 15.1. The topological polar surface area (TPSA) is 69.6 Å². The van der Waals surface area contributed by atoms with Gasteiger partial charge in [-0.3, -0.25) is 4.79 Å². The van der Waals surface area contributed by atoms with Crippen molar-refractivity contribution in [2.75, 3.05) is 11.9 Å². The summed E-state index contributed by atoms with van der Waals surface area (Å²) in [7, 11) is 0. The van der Waals surface area contributed by atoms with E-state index in [4.69, 9.17) is 16.7 Å². The molecule has 20 heavy (non-hydrogen) atoms. The number of nitrogens with zero attached hydrogens (tertiary/aromatic N) is 1. The molecule has 1 heterocycles. The number of halogens is 2. The first-order valence-corrected chi connectivity index (χ1v) is 7.32. The smallest absolute Gasteiger partial charge is 0.322 e. The largest absolute Gasteiger partial charge is 0.481 e. The van der Waals surface area contributed by atoms with Crippen molar-refractivity contribution in [1.82, 2.24) is 4.90 Å². The number of likely N-dealkylation sites (tertiary alicyclic amines) is 1.